The van der Waals surface area contributed by atoms with Crippen molar-refractivity contribution in [1.82, 2.24) is 10.2 Å². The lowest BCUT2D eigenvalue weighted by Crippen LogP contribution is -2.44. The van der Waals surface area contributed by atoms with Gasteiger partial charge in [-0.15, -0.1) is 0 Å². The molecule has 0 aliphatic carbocycles. The van der Waals surface area contributed by atoms with Gasteiger partial charge in [0.1, 0.15) is 11.9 Å². The number of halogens is 2. The SMILES string of the molecule is CCCC1NC(=O)CCN(Cc2ccc(F)c(Br)c2)C1=O. The van der Waals surface area contributed by atoms with Crippen molar-refractivity contribution >= 4 is 27.7 Å². The van der Waals surface area contributed by atoms with Crippen LogP contribution in [0, 0.1) is 5.82 Å². The fourth-order valence-corrected chi connectivity index (χ4v) is 2.82. The first-order valence-electron chi connectivity index (χ1n) is 7.03. The summed E-state index contributed by atoms with van der Waals surface area (Å²) < 4.78 is 13.6. The van der Waals surface area contributed by atoms with Crippen LogP contribution in [0.5, 0.6) is 0 Å². The maximum absolute atomic E-state index is 13.3. The fraction of sp³-hybridized carbons (Fsp3) is 0.467. The van der Waals surface area contributed by atoms with E-state index in [0.717, 1.165) is 12.0 Å². The van der Waals surface area contributed by atoms with E-state index in [1.807, 2.05) is 6.92 Å². The van der Waals surface area contributed by atoms with Crippen LogP contribution < -0.4 is 5.32 Å². The van der Waals surface area contributed by atoms with Gasteiger partial charge in [-0.05, 0) is 40.0 Å². The Morgan fingerprint density at radius 1 is 1.43 bits per heavy atom. The van der Waals surface area contributed by atoms with Crippen molar-refractivity contribution in [3.8, 4) is 0 Å². The van der Waals surface area contributed by atoms with E-state index in [2.05, 4.69) is 21.2 Å². The van der Waals surface area contributed by atoms with Crippen LogP contribution >= 0.6 is 15.9 Å². The molecule has 1 heterocycles. The Morgan fingerprint density at radius 3 is 2.86 bits per heavy atom. The molecular formula is C15H18BrFN2O2. The normalized spacial score (nSPS) is 19.4. The molecule has 1 fully saturated rings. The molecule has 0 saturated carbocycles. The van der Waals surface area contributed by atoms with Crippen molar-refractivity contribution < 1.29 is 14.0 Å². The van der Waals surface area contributed by atoms with Crippen molar-refractivity contribution in [2.45, 2.75) is 38.8 Å². The minimum atomic E-state index is -0.450. The summed E-state index contributed by atoms with van der Waals surface area (Å²) in [5, 5.41) is 2.77. The summed E-state index contributed by atoms with van der Waals surface area (Å²) in [5.41, 5.74) is 0.834. The summed E-state index contributed by atoms with van der Waals surface area (Å²) in [7, 11) is 0. The van der Waals surface area contributed by atoms with Gasteiger partial charge in [-0.25, -0.2) is 4.39 Å². The molecule has 1 aromatic carbocycles. The highest BCUT2D eigenvalue weighted by molar-refractivity contribution is 9.10. The van der Waals surface area contributed by atoms with Gasteiger partial charge in [0, 0.05) is 19.5 Å². The molecule has 1 atom stereocenters. The quantitative estimate of drug-likeness (QED) is 0.901. The van der Waals surface area contributed by atoms with Crippen LogP contribution in [0.3, 0.4) is 0 Å². The standard InChI is InChI=1S/C15H18BrFN2O2/c1-2-3-13-15(21)19(7-6-14(20)18-13)9-10-4-5-12(17)11(16)8-10/h4-5,8,13H,2-3,6-7,9H2,1H3,(H,18,20). The summed E-state index contributed by atoms with van der Waals surface area (Å²) in [6.07, 6.45) is 1.76. The lowest BCUT2D eigenvalue weighted by molar-refractivity contribution is -0.134. The topological polar surface area (TPSA) is 49.4 Å². The molecule has 114 valence electrons. The molecular weight excluding hydrogens is 339 g/mol. The third-order valence-electron chi connectivity index (χ3n) is 3.49. The molecule has 1 N–H and O–H groups in total. The van der Waals surface area contributed by atoms with E-state index in [9.17, 15) is 14.0 Å². The Morgan fingerprint density at radius 2 is 2.19 bits per heavy atom. The van der Waals surface area contributed by atoms with Gasteiger partial charge in [-0.2, -0.15) is 0 Å². The first kappa shape index (κ1) is 15.9. The lowest BCUT2D eigenvalue weighted by Gasteiger charge is -2.24. The summed E-state index contributed by atoms with van der Waals surface area (Å²) in [4.78, 5) is 25.8. The number of carbonyl (C=O) groups is 2. The molecule has 1 unspecified atom stereocenters. The van der Waals surface area contributed by atoms with E-state index < -0.39 is 6.04 Å². The third-order valence-corrected chi connectivity index (χ3v) is 4.10. The van der Waals surface area contributed by atoms with Gasteiger partial charge in [0.15, 0.2) is 0 Å². The lowest BCUT2D eigenvalue weighted by atomic mass is 10.1. The smallest absolute Gasteiger partial charge is 0.245 e. The Bertz CT molecular complexity index is 550. The molecule has 0 bridgehead atoms. The van der Waals surface area contributed by atoms with Gasteiger partial charge in [-0.1, -0.05) is 19.4 Å². The number of nitrogens with one attached hydrogen (secondary N) is 1. The predicted octanol–water partition coefficient (Wildman–Crippen LogP) is 2.61. The number of carbonyl (C=O) groups excluding carboxylic acids is 2. The van der Waals surface area contributed by atoms with Crippen molar-refractivity contribution in [2.24, 2.45) is 0 Å². The zero-order chi connectivity index (χ0) is 15.4. The Labute approximate surface area is 131 Å². The van der Waals surface area contributed by atoms with Gasteiger partial charge >= 0.3 is 0 Å². The second-order valence-corrected chi connectivity index (χ2v) is 6.02. The Kier molecular flexibility index (Phi) is 5.33. The molecule has 1 aliphatic heterocycles. The monoisotopic (exact) mass is 356 g/mol. The summed E-state index contributed by atoms with van der Waals surface area (Å²) in [5.74, 6) is -0.491. The molecule has 4 nitrogen and oxygen atoms in total. The minimum Gasteiger partial charge on any atom is -0.344 e. The number of nitrogens with zero attached hydrogens (tertiary/aromatic N) is 1. The Hall–Kier alpha value is -1.43. The van der Waals surface area contributed by atoms with E-state index in [1.165, 1.54) is 6.07 Å². The summed E-state index contributed by atoms with van der Waals surface area (Å²) in [6, 6.07) is 4.24. The third kappa shape index (κ3) is 4.03. The highest BCUT2D eigenvalue weighted by atomic mass is 79.9. The molecule has 1 saturated heterocycles. The van der Waals surface area contributed by atoms with Gasteiger partial charge < -0.3 is 10.2 Å². The average molecular weight is 357 g/mol. The Balaban J connectivity index is 2.14. The molecule has 21 heavy (non-hydrogen) atoms. The van der Waals surface area contributed by atoms with Crippen LogP contribution in [-0.4, -0.2) is 29.3 Å². The van der Waals surface area contributed by atoms with Gasteiger partial charge in [0.25, 0.3) is 0 Å². The van der Waals surface area contributed by atoms with E-state index in [4.69, 9.17) is 0 Å². The summed E-state index contributed by atoms with van der Waals surface area (Å²) in [6.45, 7) is 2.75. The highest BCUT2D eigenvalue weighted by Gasteiger charge is 2.29. The van der Waals surface area contributed by atoms with Crippen LogP contribution in [0.1, 0.15) is 31.7 Å². The van der Waals surface area contributed by atoms with Crippen LogP contribution in [0.15, 0.2) is 22.7 Å². The number of amides is 2. The molecule has 2 rings (SSSR count). The van der Waals surface area contributed by atoms with Crippen LogP contribution in [0.2, 0.25) is 0 Å². The van der Waals surface area contributed by atoms with E-state index in [0.29, 0.717) is 30.4 Å². The maximum Gasteiger partial charge on any atom is 0.245 e. The number of hydrogen-bond donors (Lipinski definition) is 1. The zero-order valence-electron chi connectivity index (χ0n) is 11.9. The molecule has 2 amide bonds. The van der Waals surface area contributed by atoms with Crippen LogP contribution in [-0.2, 0) is 16.1 Å². The number of benzene rings is 1. The minimum absolute atomic E-state index is 0.0665. The van der Waals surface area contributed by atoms with Crippen molar-refractivity contribution in [3.05, 3.63) is 34.1 Å². The van der Waals surface area contributed by atoms with Crippen molar-refractivity contribution in [3.63, 3.8) is 0 Å². The summed E-state index contributed by atoms with van der Waals surface area (Å²) >= 11 is 3.14. The molecule has 0 spiro atoms. The second kappa shape index (κ2) is 7.02. The van der Waals surface area contributed by atoms with Gasteiger partial charge in [0.2, 0.25) is 11.8 Å². The largest absolute Gasteiger partial charge is 0.344 e. The maximum atomic E-state index is 13.3. The van der Waals surface area contributed by atoms with Crippen molar-refractivity contribution in [2.75, 3.05) is 6.54 Å². The molecule has 1 aromatic rings. The van der Waals surface area contributed by atoms with E-state index >= 15 is 0 Å². The number of rotatable bonds is 4. The van der Waals surface area contributed by atoms with E-state index in [-0.39, 0.29) is 17.6 Å². The van der Waals surface area contributed by atoms with Crippen LogP contribution in [0.25, 0.3) is 0 Å². The highest BCUT2D eigenvalue weighted by Crippen LogP contribution is 2.19. The van der Waals surface area contributed by atoms with Gasteiger partial charge in [-0.3, -0.25) is 9.59 Å². The van der Waals surface area contributed by atoms with Crippen molar-refractivity contribution in [1.29, 1.82) is 0 Å². The first-order chi connectivity index (χ1) is 10.0. The molecule has 6 heteroatoms. The van der Waals surface area contributed by atoms with E-state index in [1.54, 1.807) is 17.0 Å². The zero-order valence-corrected chi connectivity index (χ0v) is 13.5. The first-order valence-corrected chi connectivity index (χ1v) is 7.82. The average Bonchev–Trinajstić information content (AvgIpc) is 2.57. The molecule has 0 aromatic heterocycles. The molecule has 0 radical (unpaired) electrons. The van der Waals surface area contributed by atoms with Gasteiger partial charge in [0.05, 0.1) is 4.47 Å². The predicted molar refractivity (Wildman–Crippen MR) is 81.0 cm³/mol. The number of hydrogen-bond acceptors (Lipinski definition) is 2. The second-order valence-electron chi connectivity index (χ2n) is 5.17. The molecule has 1 aliphatic rings. The van der Waals surface area contributed by atoms with Crippen LogP contribution in [0.4, 0.5) is 4.39 Å². The fourth-order valence-electron chi connectivity index (χ4n) is 2.39.